The van der Waals surface area contributed by atoms with Gasteiger partial charge < -0.3 is 13.7 Å². The third-order valence-corrected chi connectivity index (χ3v) is 7.78. The van der Waals surface area contributed by atoms with Crippen molar-refractivity contribution >= 4 is 11.4 Å². The fourth-order valence-corrected chi connectivity index (χ4v) is 5.45. The molecule has 3 aromatic rings. The molecule has 1 unspecified atom stereocenters. The van der Waals surface area contributed by atoms with Gasteiger partial charge >= 0.3 is 0 Å². The van der Waals surface area contributed by atoms with Gasteiger partial charge in [-0.3, -0.25) is 0 Å². The Bertz CT molecular complexity index is 940. The molecule has 1 aliphatic rings. The second-order valence-corrected chi connectivity index (χ2v) is 10.1. The Balaban J connectivity index is 1.29. The topological polar surface area (TPSA) is 61.9 Å². The Morgan fingerprint density at radius 2 is 1.90 bits per heavy atom. The highest BCUT2D eigenvalue weighted by atomic mass is 32.2. The molecule has 0 N–H and O–H groups in total. The van der Waals surface area contributed by atoms with E-state index in [-0.39, 0.29) is 0 Å². The molecule has 3 heterocycles. The van der Waals surface area contributed by atoms with Gasteiger partial charge in [-0.25, -0.2) is 4.98 Å². The number of imidazole rings is 2. The van der Waals surface area contributed by atoms with E-state index in [0.29, 0.717) is 10.4 Å². The lowest BCUT2D eigenvalue weighted by Crippen LogP contribution is -2.42. The van der Waals surface area contributed by atoms with Gasteiger partial charge in [0, 0.05) is 26.7 Å². The smallest absolute Gasteiger partial charge is 0.284 e. The molecule has 1 atom stereocenters. The molecule has 0 radical (unpaired) electrons. The highest BCUT2D eigenvalue weighted by molar-refractivity contribution is 7.89. The van der Waals surface area contributed by atoms with Crippen molar-refractivity contribution in [2.75, 3.05) is 13.1 Å². The second-order valence-electron chi connectivity index (χ2n) is 8.67. The lowest BCUT2D eigenvalue weighted by Gasteiger charge is -2.38. The predicted molar refractivity (Wildman–Crippen MR) is 120 cm³/mol. The van der Waals surface area contributed by atoms with Gasteiger partial charge in [0.15, 0.2) is 0 Å². The van der Waals surface area contributed by atoms with E-state index in [1.54, 1.807) is 0 Å². The third kappa shape index (κ3) is 4.63. The maximum absolute atomic E-state index is 12.9. The molecule has 1 saturated heterocycles. The monoisotopic (exact) mass is 425 g/mol. The van der Waals surface area contributed by atoms with E-state index in [2.05, 4.69) is 50.0 Å². The first kappa shape index (κ1) is 21.2. The Labute approximate surface area is 182 Å². The van der Waals surface area contributed by atoms with Crippen molar-refractivity contribution in [2.45, 2.75) is 51.1 Å². The van der Waals surface area contributed by atoms with Gasteiger partial charge in [-0.05, 0) is 43.6 Å². The van der Waals surface area contributed by atoms with Crippen LogP contribution in [0.15, 0.2) is 54.1 Å². The van der Waals surface area contributed by atoms with E-state index in [1.807, 2.05) is 43.3 Å². The molecule has 0 saturated carbocycles. The highest BCUT2D eigenvalue weighted by Crippen LogP contribution is 2.37. The average molecular weight is 426 g/mol. The summed E-state index contributed by atoms with van der Waals surface area (Å²) in [5.74, 6) is 0.898. The van der Waals surface area contributed by atoms with Crippen LogP contribution in [0.5, 0.6) is 0 Å². The van der Waals surface area contributed by atoms with Gasteiger partial charge in [0.05, 0.1) is 24.4 Å². The zero-order valence-corrected chi connectivity index (χ0v) is 18.9. The standard InChI is InChI=1S/C23H31N5OS/c1-19-25-22(17-26(19)3)30(29)28-14-11-23(2,12-15-28)10-7-13-27-18-24-16-21(27)20-8-5-4-6-9-20/h4-6,8-9,16-18H,7,10-15H2,1-3H3. The molecule has 1 fully saturated rings. The Kier molecular flexibility index (Phi) is 6.32. The summed E-state index contributed by atoms with van der Waals surface area (Å²) in [6.45, 7) is 7.02. The number of hydrogen-bond acceptors (Lipinski definition) is 4. The first-order chi connectivity index (χ1) is 14.5. The lowest BCUT2D eigenvalue weighted by atomic mass is 9.77. The normalized spacial score (nSPS) is 17.9. The van der Waals surface area contributed by atoms with E-state index in [4.69, 9.17) is 0 Å². The minimum Gasteiger partial charge on any atom is -0.591 e. The van der Waals surface area contributed by atoms with E-state index >= 15 is 0 Å². The molecular weight excluding hydrogens is 394 g/mol. The Morgan fingerprint density at radius 1 is 1.17 bits per heavy atom. The number of hydrogen-bond donors (Lipinski definition) is 0. The van der Waals surface area contributed by atoms with Crippen molar-refractivity contribution < 1.29 is 4.55 Å². The van der Waals surface area contributed by atoms with Gasteiger partial charge in [0.1, 0.15) is 17.2 Å². The molecule has 0 aliphatic carbocycles. The summed E-state index contributed by atoms with van der Waals surface area (Å²) in [5, 5.41) is 0.673. The number of benzene rings is 1. The molecule has 0 bridgehead atoms. The van der Waals surface area contributed by atoms with Crippen molar-refractivity contribution in [1.29, 1.82) is 0 Å². The van der Waals surface area contributed by atoms with Crippen molar-refractivity contribution in [1.82, 2.24) is 23.4 Å². The van der Waals surface area contributed by atoms with E-state index in [0.717, 1.165) is 44.7 Å². The molecule has 30 heavy (non-hydrogen) atoms. The summed E-state index contributed by atoms with van der Waals surface area (Å²) in [7, 11) is 1.94. The van der Waals surface area contributed by atoms with E-state index < -0.39 is 11.4 Å². The van der Waals surface area contributed by atoms with Crippen LogP contribution in [0.3, 0.4) is 0 Å². The molecule has 7 heteroatoms. The van der Waals surface area contributed by atoms with Crippen molar-refractivity contribution in [3.8, 4) is 11.3 Å². The fourth-order valence-electron chi connectivity index (χ4n) is 4.21. The van der Waals surface area contributed by atoms with Crippen LogP contribution in [-0.2, 0) is 25.0 Å². The molecule has 1 aromatic carbocycles. The third-order valence-electron chi connectivity index (χ3n) is 6.39. The van der Waals surface area contributed by atoms with E-state index in [9.17, 15) is 4.55 Å². The first-order valence-corrected chi connectivity index (χ1v) is 11.8. The van der Waals surface area contributed by atoms with Crippen LogP contribution < -0.4 is 0 Å². The van der Waals surface area contributed by atoms with Crippen LogP contribution in [0.1, 0.15) is 38.4 Å². The van der Waals surface area contributed by atoms with Gasteiger partial charge in [-0.1, -0.05) is 37.3 Å². The summed E-state index contributed by atoms with van der Waals surface area (Å²) in [5.41, 5.74) is 2.69. The summed E-state index contributed by atoms with van der Waals surface area (Å²) < 4.78 is 19.1. The number of aryl methyl sites for hydroxylation is 3. The lowest BCUT2D eigenvalue weighted by molar-refractivity contribution is 0.157. The zero-order valence-electron chi connectivity index (χ0n) is 18.1. The van der Waals surface area contributed by atoms with Crippen LogP contribution in [0.2, 0.25) is 0 Å². The highest BCUT2D eigenvalue weighted by Gasteiger charge is 2.36. The fraction of sp³-hybridized carbons (Fsp3) is 0.478. The van der Waals surface area contributed by atoms with Crippen LogP contribution in [-0.4, -0.2) is 41.0 Å². The van der Waals surface area contributed by atoms with E-state index in [1.165, 1.54) is 17.7 Å². The average Bonchev–Trinajstić information content (AvgIpc) is 3.35. The Hall–Kier alpha value is -2.09. The van der Waals surface area contributed by atoms with Crippen LogP contribution >= 0.6 is 0 Å². The number of piperidine rings is 1. The summed E-state index contributed by atoms with van der Waals surface area (Å²) >= 11 is -1.16. The maximum atomic E-state index is 12.9. The first-order valence-electron chi connectivity index (χ1n) is 10.7. The molecule has 160 valence electrons. The van der Waals surface area contributed by atoms with Crippen LogP contribution in [0.4, 0.5) is 0 Å². The molecular formula is C23H31N5OS. The van der Waals surface area contributed by atoms with Gasteiger partial charge in [0.25, 0.3) is 5.03 Å². The second kappa shape index (κ2) is 8.96. The number of aromatic nitrogens is 4. The molecule has 4 rings (SSSR count). The van der Waals surface area contributed by atoms with Gasteiger partial charge in [0.2, 0.25) is 0 Å². The minimum absolute atomic E-state index is 0.300. The van der Waals surface area contributed by atoms with Gasteiger partial charge in [-0.15, -0.1) is 4.31 Å². The van der Waals surface area contributed by atoms with Crippen molar-refractivity contribution in [2.24, 2.45) is 12.5 Å². The summed E-state index contributed by atoms with van der Waals surface area (Å²) in [6.07, 6.45) is 10.2. The Morgan fingerprint density at radius 3 is 2.57 bits per heavy atom. The summed E-state index contributed by atoms with van der Waals surface area (Å²) in [4.78, 5) is 8.81. The molecule has 0 amide bonds. The molecule has 1 aliphatic heterocycles. The van der Waals surface area contributed by atoms with Crippen LogP contribution in [0.25, 0.3) is 11.3 Å². The van der Waals surface area contributed by atoms with Crippen molar-refractivity contribution in [3.05, 3.63) is 54.9 Å². The molecule has 0 spiro atoms. The van der Waals surface area contributed by atoms with Crippen molar-refractivity contribution in [3.63, 3.8) is 0 Å². The van der Waals surface area contributed by atoms with Gasteiger partial charge in [-0.2, -0.15) is 4.98 Å². The number of nitrogens with zero attached hydrogens (tertiary/aromatic N) is 5. The molecule has 2 aromatic heterocycles. The largest absolute Gasteiger partial charge is 0.591 e. The summed E-state index contributed by atoms with van der Waals surface area (Å²) in [6, 6.07) is 10.4. The quantitative estimate of drug-likeness (QED) is 0.532. The zero-order chi connectivity index (χ0) is 21.1. The predicted octanol–water partition coefficient (Wildman–Crippen LogP) is 4.20. The molecule has 6 nitrogen and oxygen atoms in total. The maximum Gasteiger partial charge on any atom is 0.284 e. The SMILES string of the molecule is Cc1nc([S+]([O-])N2CCC(C)(CCCn3cncc3-c3ccccc3)CC2)cn1C. The minimum atomic E-state index is -1.16. The number of rotatable bonds is 7. The van der Waals surface area contributed by atoms with Crippen LogP contribution in [0, 0.1) is 12.3 Å².